The van der Waals surface area contributed by atoms with Gasteiger partial charge in [0.05, 0.1) is 16.8 Å². The molecule has 0 atom stereocenters. The molecular formula is C22H20N4O3. The molecule has 0 saturated carbocycles. The highest BCUT2D eigenvalue weighted by Crippen LogP contribution is 2.20. The van der Waals surface area contributed by atoms with Crippen LogP contribution in [0, 0.1) is 13.8 Å². The molecule has 2 N–H and O–H groups in total. The van der Waals surface area contributed by atoms with Crippen molar-refractivity contribution in [2.75, 3.05) is 5.32 Å². The first-order valence-electron chi connectivity index (χ1n) is 9.15. The summed E-state index contributed by atoms with van der Waals surface area (Å²) in [5.74, 6) is -0.392. The molecule has 0 fully saturated rings. The Morgan fingerprint density at radius 3 is 2.48 bits per heavy atom. The fourth-order valence-corrected chi connectivity index (χ4v) is 3.42. The molecule has 0 unspecified atom stereocenters. The van der Waals surface area contributed by atoms with E-state index in [4.69, 9.17) is 0 Å². The lowest BCUT2D eigenvalue weighted by Gasteiger charge is -2.09. The SMILES string of the molecule is Cc1ccc(C)c(NC(=O)c2cn(C)c3c(=O)n(-c4ccccc4)c(=O)[nH]c23)c1. The topological polar surface area (TPSA) is 88.9 Å². The number of carbonyl (C=O) groups is 1. The summed E-state index contributed by atoms with van der Waals surface area (Å²) in [5.41, 5.74) is 2.71. The Morgan fingerprint density at radius 1 is 1.03 bits per heavy atom. The van der Waals surface area contributed by atoms with Crippen molar-refractivity contribution in [2.45, 2.75) is 13.8 Å². The van der Waals surface area contributed by atoms with E-state index in [0.29, 0.717) is 11.4 Å². The Morgan fingerprint density at radius 2 is 1.76 bits per heavy atom. The lowest BCUT2D eigenvalue weighted by molar-refractivity contribution is 0.102. The van der Waals surface area contributed by atoms with E-state index in [1.807, 2.05) is 32.0 Å². The number of aromatic amines is 1. The molecule has 4 aromatic rings. The molecule has 0 aliphatic heterocycles. The molecule has 0 bridgehead atoms. The molecule has 1 amide bonds. The Hall–Kier alpha value is -3.87. The highest BCUT2D eigenvalue weighted by Gasteiger charge is 2.20. The zero-order valence-electron chi connectivity index (χ0n) is 16.3. The van der Waals surface area contributed by atoms with Gasteiger partial charge in [0.25, 0.3) is 11.5 Å². The van der Waals surface area contributed by atoms with Gasteiger partial charge in [-0.1, -0.05) is 30.3 Å². The van der Waals surface area contributed by atoms with E-state index < -0.39 is 17.2 Å². The van der Waals surface area contributed by atoms with Crippen molar-refractivity contribution in [1.82, 2.24) is 14.1 Å². The number of amides is 1. The number of hydrogen-bond donors (Lipinski definition) is 2. The van der Waals surface area contributed by atoms with Gasteiger partial charge in [0, 0.05) is 18.9 Å². The Labute approximate surface area is 166 Å². The van der Waals surface area contributed by atoms with Crippen LogP contribution in [0.3, 0.4) is 0 Å². The minimum atomic E-state index is -0.597. The van der Waals surface area contributed by atoms with Gasteiger partial charge in [-0.25, -0.2) is 9.36 Å². The summed E-state index contributed by atoms with van der Waals surface area (Å²) in [6.07, 6.45) is 1.55. The van der Waals surface area contributed by atoms with Gasteiger partial charge in [-0.2, -0.15) is 0 Å². The molecule has 0 aliphatic carbocycles. The second-order valence-electron chi connectivity index (χ2n) is 7.06. The third-order valence-electron chi connectivity index (χ3n) is 4.92. The van der Waals surface area contributed by atoms with Crippen molar-refractivity contribution in [3.63, 3.8) is 0 Å². The van der Waals surface area contributed by atoms with Crippen LogP contribution >= 0.6 is 0 Å². The fourth-order valence-electron chi connectivity index (χ4n) is 3.42. The molecule has 2 aromatic carbocycles. The van der Waals surface area contributed by atoms with Gasteiger partial charge < -0.3 is 14.9 Å². The zero-order valence-corrected chi connectivity index (χ0v) is 16.3. The third-order valence-corrected chi connectivity index (χ3v) is 4.92. The molecule has 0 aliphatic rings. The summed E-state index contributed by atoms with van der Waals surface area (Å²) in [7, 11) is 1.67. The van der Waals surface area contributed by atoms with E-state index in [1.54, 1.807) is 48.1 Å². The molecule has 0 saturated heterocycles. The summed E-state index contributed by atoms with van der Waals surface area (Å²) in [6, 6.07) is 14.4. The fraction of sp³-hybridized carbons (Fsp3) is 0.136. The van der Waals surface area contributed by atoms with Gasteiger partial charge in [-0.05, 0) is 43.2 Å². The molecule has 146 valence electrons. The molecule has 7 nitrogen and oxygen atoms in total. The number of aryl methyl sites for hydroxylation is 3. The predicted octanol–water partition coefficient (Wildman–Crippen LogP) is 2.89. The van der Waals surface area contributed by atoms with Crippen LogP contribution in [-0.4, -0.2) is 20.0 Å². The van der Waals surface area contributed by atoms with Gasteiger partial charge in [-0.15, -0.1) is 0 Å². The van der Waals surface area contributed by atoms with Gasteiger partial charge in [0.15, 0.2) is 0 Å². The van der Waals surface area contributed by atoms with Crippen molar-refractivity contribution >= 4 is 22.6 Å². The van der Waals surface area contributed by atoms with Gasteiger partial charge in [-0.3, -0.25) is 9.59 Å². The third kappa shape index (κ3) is 3.16. The van der Waals surface area contributed by atoms with Crippen molar-refractivity contribution < 1.29 is 4.79 Å². The van der Waals surface area contributed by atoms with E-state index in [-0.39, 0.29) is 16.6 Å². The van der Waals surface area contributed by atoms with Crippen LogP contribution in [0.1, 0.15) is 21.5 Å². The normalized spacial score (nSPS) is 11.0. The van der Waals surface area contributed by atoms with Gasteiger partial charge in [0.2, 0.25) is 0 Å². The van der Waals surface area contributed by atoms with E-state index in [2.05, 4.69) is 10.3 Å². The smallest absolute Gasteiger partial charge is 0.333 e. The van der Waals surface area contributed by atoms with Crippen LogP contribution in [0.4, 0.5) is 5.69 Å². The number of para-hydroxylation sites is 1. The second kappa shape index (κ2) is 6.94. The highest BCUT2D eigenvalue weighted by atomic mass is 16.2. The zero-order chi connectivity index (χ0) is 20.7. The van der Waals surface area contributed by atoms with Gasteiger partial charge in [0.1, 0.15) is 5.52 Å². The van der Waals surface area contributed by atoms with Crippen LogP contribution in [0.15, 0.2) is 64.3 Å². The summed E-state index contributed by atoms with van der Waals surface area (Å²) in [6.45, 7) is 3.84. The number of benzene rings is 2. The first kappa shape index (κ1) is 18.5. The highest BCUT2D eigenvalue weighted by molar-refractivity contribution is 6.12. The molecule has 0 radical (unpaired) electrons. The van der Waals surface area contributed by atoms with Crippen molar-refractivity contribution in [3.8, 4) is 5.69 Å². The molecular weight excluding hydrogens is 368 g/mol. The van der Waals surface area contributed by atoms with Crippen LogP contribution in [0.25, 0.3) is 16.7 Å². The maximum Gasteiger partial charge on any atom is 0.333 e. The lowest BCUT2D eigenvalue weighted by atomic mass is 10.1. The van der Waals surface area contributed by atoms with Crippen molar-refractivity contribution in [2.24, 2.45) is 7.05 Å². The maximum atomic E-state index is 13.1. The average molecular weight is 388 g/mol. The lowest BCUT2D eigenvalue weighted by Crippen LogP contribution is -2.34. The van der Waals surface area contributed by atoms with Crippen molar-refractivity contribution in [1.29, 1.82) is 0 Å². The Bertz CT molecular complexity index is 1360. The number of rotatable bonds is 3. The standard InChI is InChI=1S/C22H20N4O3/c1-13-9-10-14(2)17(11-13)23-20(27)16-12-25(3)19-18(16)24-22(29)26(21(19)28)15-7-5-4-6-8-15/h4-12H,1-3H3,(H,23,27)(H,24,29). The second-order valence-corrected chi connectivity index (χ2v) is 7.06. The number of H-pyrrole nitrogens is 1. The van der Waals surface area contributed by atoms with Crippen LogP contribution in [-0.2, 0) is 7.05 Å². The Balaban J connectivity index is 1.85. The minimum absolute atomic E-state index is 0.220. The molecule has 0 spiro atoms. The first-order chi connectivity index (χ1) is 13.9. The summed E-state index contributed by atoms with van der Waals surface area (Å²) in [5, 5.41) is 2.87. The molecule has 7 heteroatoms. The largest absolute Gasteiger partial charge is 0.344 e. The van der Waals surface area contributed by atoms with E-state index in [1.165, 1.54) is 0 Å². The van der Waals surface area contributed by atoms with E-state index >= 15 is 0 Å². The maximum absolute atomic E-state index is 13.1. The number of nitrogens with zero attached hydrogens (tertiary/aromatic N) is 2. The minimum Gasteiger partial charge on any atom is -0.344 e. The van der Waals surface area contributed by atoms with Gasteiger partial charge >= 0.3 is 5.69 Å². The van der Waals surface area contributed by atoms with Crippen LogP contribution in [0.2, 0.25) is 0 Å². The number of carbonyl (C=O) groups excluding carboxylic acids is 1. The molecule has 2 aromatic heterocycles. The average Bonchev–Trinajstić information content (AvgIpc) is 3.02. The number of fused-ring (bicyclic) bond motifs is 1. The summed E-state index contributed by atoms with van der Waals surface area (Å²) >= 11 is 0. The predicted molar refractivity (Wildman–Crippen MR) is 113 cm³/mol. The molecule has 4 rings (SSSR count). The van der Waals surface area contributed by atoms with Crippen molar-refractivity contribution in [3.05, 3.63) is 92.3 Å². The number of anilines is 1. The number of hydrogen-bond acceptors (Lipinski definition) is 3. The Kier molecular flexibility index (Phi) is 4.43. The summed E-state index contributed by atoms with van der Waals surface area (Å²) < 4.78 is 2.62. The summed E-state index contributed by atoms with van der Waals surface area (Å²) in [4.78, 5) is 41.3. The molecule has 29 heavy (non-hydrogen) atoms. The molecule has 2 heterocycles. The quantitative estimate of drug-likeness (QED) is 0.566. The van der Waals surface area contributed by atoms with Crippen LogP contribution < -0.4 is 16.6 Å². The van der Waals surface area contributed by atoms with Crippen LogP contribution in [0.5, 0.6) is 0 Å². The number of nitrogens with one attached hydrogen (secondary N) is 2. The monoisotopic (exact) mass is 388 g/mol. The first-order valence-corrected chi connectivity index (χ1v) is 9.15. The van der Waals surface area contributed by atoms with E-state index in [0.717, 1.165) is 15.7 Å². The number of aromatic nitrogens is 3. The van der Waals surface area contributed by atoms with E-state index in [9.17, 15) is 14.4 Å².